The molecule has 0 saturated carbocycles. The van der Waals surface area contributed by atoms with Crippen LogP contribution < -0.4 is 40.2 Å². The van der Waals surface area contributed by atoms with Crippen LogP contribution in [0.2, 0.25) is 0 Å². The molecule has 17 heteroatoms. The number of hydrogen-bond donors (Lipinski definition) is 2. The van der Waals surface area contributed by atoms with Crippen molar-refractivity contribution in [3.8, 4) is 0 Å². The predicted octanol–water partition coefficient (Wildman–Crippen LogP) is -5.54. The van der Waals surface area contributed by atoms with Gasteiger partial charge in [0.05, 0.1) is 7.11 Å². The molecule has 2 heterocycles. The maximum atomic E-state index is 13.1. The molecule has 1 unspecified atom stereocenters. The third-order valence-electron chi connectivity index (χ3n) is 5.63. The summed E-state index contributed by atoms with van der Waals surface area (Å²) in [5, 5.41) is 4.47. The maximum Gasteiger partial charge on any atom is 1.00 e. The van der Waals surface area contributed by atoms with Gasteiger partial charge in [0.1, 0.15) is 12.1 Å². The number of carbonyl (C=O) groups is 6. The second kappa shape index (κ2) is 12.0. The number of urea groups is 1. The van der Waals surface area contributed by atoms with E-state index in [0.717, 1.165) is 7.11 Å². The number of carbonyl (C=O) groups excluding carboxylic acids is 6. The number of esters is 1. The molecule has 0 radical (unpaired) electrons. The first-order chi connectivity index (χ1) is 16.9. The standard InChI is InChI=1S/C20H23N5O10S.Na/c1-3-23-9-10-24(18(29)17(23)28)20(31)22-12(11-7-5-4-6-8-11)15(26)21-13-14(19(30)35-2)25(16(13)27)36(32,33)34;/h4-8,12-14H,3,9-10H2,1-2H3,(H,21,26)(H,22,31)(H,32,33,34);/q;+1/p-1/t12?,13-,14-;/m1./s1. The molecule has 2 saturated heterocycles. The Hall–Kier alpha value is -3.05. The Bertz CT molecular complexity index is 1210. The number of piperazine rings is 1. The van der Waals surface area contributed by atoms with E-state index in [2.05, 4.69) is 15.4 Å². The van der Waals surface area contributed by atoms with Gasteiger partial charge >= 0.3 is 53.4 Å². The van der Waals surface area contributed by atoms with Crippen molar-refractivity contribution in [3.05, 3.63) is 35.9 Å². The van der Waals surface area contributed by atoms with Gasteiger partial charge in [-0.25, -0.2) is 22.3 Å². The quantitative estimate of drug-likeness (QED) is 0.109. The zero-order valence-electron chi connectivity index (χ0n) is 20.1. The Kier molecular flexibility index (Phi) is 9.78. The van der Waals surface area contributed by atoms with Crippen molar-refractivity contribution >= 4 is 45.9 Å². The van der Waals surface area contributed by atoms with Crippen molar-refractivity contribution in [3.63, 3.8) is 0 Å². The smallest absolute Gasteiger partial charge is 0.731 e. The fraction of sp³-hybridized carbons (Fsp3) is 0.400. The molecule has 1 aromatic rings. The zero-order valence-corrected chi connectivity index (χ0v) is 22.9. The van der Waals surface area contributed by atoms with E-state index in [-0.39, 0.29) is 59.1 Å². The summed E-state index contributed by atoms with van der Waals surface area (Å²) in [7, 11) is -4.49. The van der Waals surface area contributed by atoms with Crippen LogP contribution in [-0.4, -0.2) is 102 Å². The monoisotopic (exact) mass is 547 g/mol. The van der Waals surface area contributed by atoms with Gasteiger partial charge in [0, 0.05) is 19.6 Å². The number of benzene rings is 1. The molecule has 2 N–H and O–H groups in total. The molecule has 0 bridgehead atoms. The van der Waals surface area contributed by atoms with Gasteiger partial charge in [-0.15, -0.1) is 0 Å². The summed E-state index contributed by atoms with van der Waals surface area (Å²) in [4.78, 5) is 76.6. The molecule has 15 nitrogen and oxygen atoms in total. The number of likely N-dealkylation sites (N-methyl/N-ethyl adjacent to an activating group) is 1. The van der Waals surface area contributed by atoms with E-state index in [9.17, 15) is 41.7 Å². The van der Waals surface area contributed by atoms with Crippen molar-refractivity contribution < 1.29 is 76.0 Å². The predicted molar refractivity (Wildman–Crippen MR) is 116 cm³/mol. The first-order valence-electron chi connectivity index (χ1n) is 10.6. The van der Waals surface area contributed by atoms with E-state index in [1.54, 1.807) is 13.0 Å². The summed E-state index contributed by atoms with van der Waals surface area (Å²) in [5.74, 6) is -5.68. The average Bonchev–Trinajstić information content (AvgIpc) is 2.84. The Labute approximate surface area is 233 Å². The Morgan fingerprint density at radius 1 is 1.11 bits per heavy atom. The number of rotatable bonds is 7. The fourth-order valence-electron chi connectivity index (χ4n) is 3.76. The van der Waals surface area contributed by atoms with Gasteiger partial charge in [-0.1, -0.05) is 30.3 Å². The van der Waals surface area contributed by atoms with Crippen molar-refractivity contribution in [1.82, 2.24) is 24.7 Å². The molecule has 2 aliphatic heterocycles. The number of imide groups is 1. The van der Waals surface area contributed by atoms with Crippen LogP contribution in [0, 0.1) is 0 Å². The van der Waals surface area contributed by atoms with Crippen LogP contribution in [0.3, 0.4) is 0 Å². The van der Waals surface area contributed by atoms with Crippen molar-refractivity contribution in [2.45, 2.75) is 25.0 Å². The number of nitrogens with zero attached hydrogens (tertiary/aromatic N) is 3. The van der Waals surface area contributed by atoms with Crippen LogP contribution in [0.4, 0.5) is 4.79 Å². The molecular weight excluding hydrogens is 525 g/mol. The molecule has 0 spiro atoms. The van der Waals surface area contributed by atoms with Crippen LogP contribution >= 0.6 is 0 Å². The number of methoxy groups -OCH3 is 1. The van der Waals surface area contributed by atoms with Gasteiger partial charge in [-0.3, -0.25) is 24.1 Å². The van der Waals surface area contributed by atoms with E-state index >= 15 is 0 Å². The molecule has 0 aromatic heterocycles. The summed E-state index contributed by atoms with van der Waals surface area (Å²) in [6, 6.07) is 1.27. The second-order valence-electron chi connectivity index (χ2n) is 7.68. The van der Waals surface area contributed by atoms with E-state index < -0.39 is 64.1 Å². The van der Waals surface area contributed by atoms with Gasteiger partial charge in [-0.05, 0) is 12.5 Å². The SMILES string of the molecule is CCN1CCN(C(=O)NC(C(=O)N[C@H]2C(=O)N(S(=O)(=O)[O-])[C@H]2C(=O)OC)c2ccccc2)C(=O)C1=O.[Na+]. The Morgan fingerprint density at radius 3 is 2.27 bits per heavy atom. The molecule has 3 atom stereocenters. The normalized spacial score (nSPS) is 20.4. The van der Waals surface area contributed by atoms with E-state index in [4.69, 9.17) is 0 Å². The number of ether oxygens (including phenoxy) is 1. The summed E-state index contributed by atoms with van der Waals surface area (Å²) in [6.07, 6.45) is 0. The first kappa shape index (κ1) is 30.2. The van der Waals surface area contributed by atoms with Gasteiger partial charge < -0.3 is 24.8 Å². The molecule has 37 heavy (non-hydrogen) atoms. The van der Waals surface area contributed by atoms with Crippen molar-refractivity contribution in [2.75, 3.05) is 26.7 Å². The summed E-state index contributed by atoms with van der Waals surface area (Å²) >= 11 is 0. The molecular formula is C20H22N5NaO10S. The average molecular weight is 547 g/mol. The van der Waals surface area contributed by atoms with Gasteiger partial charge in [0.2, 0.25) is 5.91 Å². The molecule has 6 amide bonds. The Morgan fingerprint density at radius 2 is 1.73 bits per heavy atom. The third kappa shape index (κ3) is 6.10. The second-order valence-corrected chi connectivity index (χ2v) is 8.93. The van der Waals surface area contributed by atoms with Crippen LogP contribution in [0.15, 0.2) is 30.3 Å². The number of hydrogen-bond acceptors (Lipinski definition) is 10. The number of amides is 6. The first-order valence-corrected chi connectivity index (χ1v) is 11.9. The van der Waals surface area contributed by atoms with Crippen LogP contribution in [0.25, 0.3) is 0 Å². The van der Waals surface area contributed by atoms with Crippen LogP contribution in [-0.2, 0) is 39.0 Å². The van der Waals surface area contributed by atoms with E-state index in [1.165, 1.54) is 29.2 Å². The van der Waals surface area contributed by atoms with Crippen molar-refractivity contribution in [1.29, 1.82) is 0 Å². The molecule has 2 fully saturated rings. The molecule has 0 aliphatic carbocycles. The van der Waals surface area contributed by atoms with E-state index in [1.807, 2.05) is 0 Å². The minimum Gasteiger partial charge on any atom is -0.731 e. The third-order valence-corrected chi connectivity index (χ3v) is 6.52. The molecule has 1 aromatic carbocycles. The minimum atomic E-state index is -5.38. The largest absolute Gasteiger partial charge is 1.00 e. The summed E-state index contributed by atoms with van der Waals surface area (Å²) in [5.41, 5.74) is 0.198. The zero-order chi connectivity index (χ0) is 26.8. The number of β-lactam (4-membered cyclic amide) rings is 1. The van der Waals surface area contributed by atoms with E-state index in [0.29, 0.717) is 4.90 Å². The summed E-state index contributed by atoms with van der Waals surface area (Å²) < 4.78 is 38.3. The maximum absolute atomic E-state index is 13.1. The molecule has 194 valence electrons. The Balaban J connectivity index is 0.00000481. The number of nitrogens with one attached hydrogen (secondary N) is 2. The van der Waals surface area contributed by atoms with Crippen LogP contribution in [0.1, 0.15) is 18.5 Å². The summed E-state index contributed by atoms with van der Waals surface area (Å²) in [6.45, 7) is 1.89. The minimum absolute atomic E-state index is 0. The fourth-order valence-corrected chi connectivity index (χ4v) is 4.58. The molecule has 3 rings (SSSR count). The van der Waals surface area contributed by atoms with Crippen molar-refractivity contribution in [2.24, 2.45) is 0 Å². The van der Waals surface area contributed by atoms with Gasteiger partial charge in [-0.2, -0.15) is 0 Å². The van der Waals surface area contributed by atoms with Crippen LogP contribution in [0.5, 0.6) is 0 Å². The van der Waals surface area contributed by atoms with Gasteiger partial charge in [0.25, 0.3) is 5.91 Å². The molecule has 2 aliphatic rings. The van der Waals surface area contributed by atoms with Gasteiger partial charge in [0.15, 0.2) is 16.3 Å². The topological polar surface area (TPSA) is 203 Å².